The molecule has 0 saturated heterocycles. The molecule has 0 aromatic heterocycles. The summed E-state index contributed by atoms with van der Waals surface area (Å²) in [4.78, 5) is 0. The average molecular weight is 631 g/mol. The van der Waals surface area contributed by atoms with Gasteiger partial charge in [-0.2, -0.15) is 0 Å². The largest absolute Gasteiger partial charge is 0.414 e. The highest BCUT2D eigenvalue weighted by molar-refractivity contribution is 6.74. The van der Waals surface area contributed by atoms with Crippen LogP contribution < -0.4 is 0 Å². The predicted octanol–water partition coefficient (Wildman–Crippen LogP) is 12.4. The SMILES string of the molecule is CC[Si](CC)(CC)O[C@H]1CC[C@@]2(C)C(=CC[C@H]3[C@@H]4C[C@H](O[Si](CC)(CC)CC)[C@H]([C@H](C)CCCC(C)C)[C@@]4(C)CC[C@@H]32)C1. The number of hydrogen-bond donors (Lipinski definition) is 0. The zero-order chi connectivity index (χ0) is 31.6. The van der Waals surface area contributed by atoms with E-state index in [1.54, 1.807) is 5.57 Å². The van der Waals surface area contributed by atoms with Crippen molar-refractivity contribution in [1.29, 1.82) is 0 Å². The third-order valence-electron chi connectivity index (χ3n) is 14.9. The molecule has 0 spiro atoms. The Morgan fingerprint density at radius 2 is 1.40 bits per heavy atom. The Labute approximate surface area is 271 Å². The summed E-state index contributed by atoms with van der Waals surface area (Å²) in [6, 6.07) is 7.67. The third kappa shape index (κ3) is 6.89. The van der Waals surface area contributed by atoms with Crippen LogP contribution in [0, 0.1) is 46.3 Å². The van der Waals surface area contributed by atoms with Crippen LogP contribution in [0.15, 0.2) is 11.6 Å². The monoisotopic (exact) mass is 631 g/mol. The molecule has 4 heteroatoms. The van der Waals surface area contributed by atoms with E-state index in [0.29, 0.717) is 23.0 Å². The van der Waals surface area contributed by atoms with Gasteiger partial charge in [0.25, 0.3) is 0 Å². The standard InChI is InChI=1S/C39H74O2Si2/c1-12-42(13-2,14-3)40-32-23-25-38(10)31(27-32)21-22-33-34(38)24-26-39(11)35(33)28-36(41-43(15-4,16-5)17-6)37(39)30(9)20-18-19-29(7)8/h21,29-30,32-37H,12-20,22-28H2,1-11H3/t30-,32+,33-,34+,35+,36+,37+,38+,39+/m1/s1. The number of rotatable bonds is 15. The quantitative estimate of drug-likeness (QED) is 0.132. The van der Waals surface area contributed by atoms with Crippen molar-refractivity contribution in [2.24, 2.45) is 46.3 Å². The number of fused-ring (bicyclic) bond motifs is 5. The molecule has 0 amide bonds. The third-order valence-corrected chi connectivity index (χ3v) is 24.3. The molecule has 3 saturated carbocycles. The lowest BCUT2D eigenvalue weighted by atomic mass is 9.47. The van der Waals surface area contributed by atoms with Gasteiger partial charge in [0.05, 0.1) is 0 Å². The van der Waals surface area contributed by atoms with Gasteiger partial charge in [-0.25, -0.2) is 0 Å². The fourth-order valence-electron chi connectivity index (χ4n) is 11.6. The summed E-state index contributed by atoms with van der Waals surface area (Å²) in [7, 11) is -3.22. The highest BCUT2D eigenvalue weighted by Gasteiger charge is 2.62. The molecule has 0 heterocycles. The molecule has 2 nitrogen and oxygen atoms in total. The highest BCUT2D eigenvalue weighted by Crippen LogP contribution is 2.68. The van der Waals surface area contributed by atoms with E-state index in [0.717, 1.165) is 35.5 Å². The molecule has 250 valence electrons. The van der Waals surface area contributed by atoms with Crippen molar-refractivity contribution < 1.29 is 8.85 Å². The van der Waals surface area contributed by atoms with Crippen LogP contribution in [0.25, 0.3) is 0 Å². The molecule has 0 radical (unpaired) electrons. The molecule has 0 aliphatic heterocycles. The van der Waals surface area contributed by atoms with Crippen LogP contribution in [0.3, 0.4) is 0 Å². The van der Waals surface area contributed by atoms with Gasteiger partial charge in [-0.3, -0.25) is 0 Å². The summed E-state index contributed by atoms with van der Waals surface area (Å²) in [5, 5.41) is 0. The van der Waals surface area contributed by atoms with Crippen LogP contribution in [0.5, 0.6) is 0 Å². The molecule has 43 heavy (non-hydrogen) atoms. The summed E-state index contributed by atoms with van der Waals surface area (Å²) in [6.45, 7) is 27.3. The molecule has 0 aromatic carbocycles. The molecule has 0 bridgehead atoms. The molecule has 0 N–H and O–H groups in total. The minimum atomic E-state index is -1.66. The topological polar surface area (TPSA) is 18.5 Å². The number of allylic oxidation sites excluding steroid dienone is 1. The Balaban J connectivity index is 1.59. The van der Waals surface area contributed by atoms with E-state index in [9.17, 15) is 0 Å². The maximum absolute atomic E-state index is 7.58. The van der Waals surface area contributed by atoms with E-state index in [-0.39, 0.29) is 0 Å². The Bertz CT molecular complexity index is 906. The van der Waals surface area contributed by atoms with Gasteiger partial charge in [0, 0.05) is 12.2 Å². The lowest BCUT2D eigenvalue weighted by Crippen LogP contribution is -2.52. The van der Waals surface area contributed by atoms with Crippen molar-refractivity contribution in [3.8, 4) is 0 Å². The highest BCUT2D eigenvalue weighted by atomic mass is 28.4. The van der Waals surface area contributed by atoms with Crippen molar-refractivity contribution in [2.45, 2.75) is 189 Å². The molecule has 3 fully saturated rings. The predicted molar refractivity (Wildman–Crippen MR) is 193 cm³/mol. The molecule has 4 aliphatic rings. The van der Waals surface area contributed by atoms with Crippen molar-refractivity contribution in [1.82, 2.24) is 0 Å². The van der Waals surface area contributed by atoms with Gasteiger partial charge in [0.1, 0.15) is 0 Å². The van der Waals surface area contributed by atoms with Crippen molar-refractivity contribution in [3.63, 3.8) is 0 Å². The van der Waals surface area contributed by atoms with Crippen molar-refractivity contribution in [3.05, 3.63) is 11.6 Å². The zero-order valence-electron chi connectivity index (χ0n) is 30.8. The summed E-state index contributed by atoms with van der Waals surface area (Å²) in [5.41, 5.74) is 2.62. The summed E-state index contributed by atoms with van der Waals surface area (Å²) < 4.78 is 14.7. The molecule has 4 aliphatic carbocycles. The Kier molecular flexibility index (Phi) is 12.1. The first-order valence-electron chi connectivity index (χ1n) is 19.4. The molecule has 0 aromatic rings. The summed E-state index contributed by atoms with van der Waals surface area (Å²) in [6.07, 6.45) is 17.3. The van der Waals surface area contributed by atoms with Crippen LogP contribution in [0.4, 0.5) is 0 Å². The van der Waals surface area contributed by atoms with Crippen LogP contribution in [0.2, 0.25) is 36.3 Å². The van der Waals surface area contributed by atoms with Gasteiger partial charge in [-0.15, -0.1) is 0 Å². The zero-order valence-corrected chi connectivity index (χ0v) is 32.8. The lowest BCUT2D eigenvalue weighted by molar-refractivity contribution is -0.0606. The molecule has 4 rings (SSSR count). The number of hydrogen-bond acceptors (Lipinski definition) is 2. The maximum atomic E-state index is 7.58. The summed E-state index contributed by atoms with van der Waals surface area (Å²) in [5.74, 6) is 4.86. The molecular weight excluding hydrogens is 557 g/mol. The summed E-state index contributed by atoms with van der Waals surface area (Å²) >= 11 is 0. The van der Waals surface area contributed by atoms with Gasteiger partial charge in [-0.1, -0.05) is 107 Å². The van der Waals surface area contributed by atoms with Crippen molar-refractivity contribution in [2.75, 3.05) is 0 Å². The fourth-order valence-corrected chi connectivity index (χ4v) is 17.4. The maximum Gasteiger partial charge on any atom is 0.192 e. The lowest BCUT2D eigenvalue weighted by Gasteiger charge is -2.58. The van der Waals surface area contributed by atoms with Gasteiger partial charge in [0.2, 0.25) is 0 Å². The van der Waals surface area contributed by atoms with E-state index in [2.05, 4.69) is 82.2 Å². The minimum absolute atomic E-state index is 0.394. The second-order valence-electron chi connectivity index (χ2n) is 17.0. The second-order valence-corrected chi connectivity index (χ2v) is 26.4. The first kappa shape index (κ1) is 35.9. The molecule has 9 atom stereocenters. The van der Waals surface area contributed by atoms with Crippen LogP contribution in [-0.4, -0.2) is 28.8 Å². The second kappa shape index (κ2) is 14.5. The van der Waals surface area contributed by atoms with Crippen LogP contribution in [-0.2, 0) is 8.85 Å². The van der Waals surface area contributed by atoms with Gasteiger partial charge in [0.15, 0.2) is 16.6 Å². The van der Waals surface area contributed by atoms with Gasteiger partial charge in [-0.05, 0) is 128 Å². The molecule has 0 unspecified atom stereocenters. The smallest absolute Gasteiger partial charge is 0.192 e. The van der Waals surface area contributed by atoms with Crippen molar-refractivity contribution >= 4 is 16.6 Å². The van der Waals surface area contributed by atoms with Crippen LogP contribution >= 0.6 is 0 Å². The first-order chi connectivity index (χ1) is 20.4. The van der Waals surface area contributed by atoms with E-state index >= 15 is 0 Å². The minimum Gasteiger partial charge on any atom is -0.414 e. The van der Waals surface area contributed by atoms with E-state index < -0.39 is 16.6 Å². The Morgan fingerprint density at radius 3 is 1.98 bits per heavy atom. The van der Waals surface area contributed by atoms with Crippen LogP contribution in [0.1, 0.15) is 140 Å². The van der Waals surface area contributed by atoms with Gasteiger partial charge >= 0.3 is 0 Å². The first-order valence-corrected chi connectivity index (χ1v) is 24.5. The molecular formula is C39H74O2Si2. The normalized spacial score (nSPS) is 37.1. The van der Waals surface area contributed by atoms with E-state index in [4.69, 9.17) is 8.85 Å². The van der Waals surface area contributed by atoms with E-state index in [1.807, 2.05) is 0 Å². The van der Waals surface area contributed by atoms with Gasteiger partial charge < -0.3 is 8.85 Å². The average Bonchev–Trinajstić information content (AvgIpc) is 3.30. The Morgan fingerprint density at radius 1 is 0.791 bits per heavy atom. The Hall–Kier alpha value is 0.0938. The van der Waals surface area contributed by atoms with E-state index in [1.165, 1.54) is 100 Å². The fraction of sp³-hybridized carbons (Fsp3) is 0.949.